The Labute approximate surface area is 111 Å². The smallest absolute Gasteiger partial charge is 0.253 e. The number of rotatable bonds is 4. The number of carbonyl (C=O) groups excluding carboxylic acids is 2. The van der Waals surface area contributed by atoms with Gasteiger partial charge in [0, 0.05) is 17.9 Å². The summed E-state index contributed by atoms with van der Waals surface area (Å²) < 4.78 is 5.34. The molecule has 0 spiro atoms. The highest BCUT2D eigenvalue weighted by atomic mass is 16.5. The maximum Gasteiger partial charge on any atom is 0.253 e. The fraction of sp³-hybridized carbons (Fsp3) is 0.429. The van der Waals surface area contributed by atoms with Gasteiger partial charge in [0.2, 0.25) is 0 Å². The first-order valence-corrected chi connectivity index (χ1v) is 6.25. The molecular weight excluding hydrogens is 246 g/mol. The molecule has 2 rings (SSSR count). The van der Waals surface area contributed by atoms with Crippen molar-refractivity contribution in [3.8, 4) is 0 Å². The number of aliphatic hydroxyl groups excluding tert-OH is 1. The molecule has 1 heterocycles. The minimum absolute atomic E-state index is 0.00184. The van der Waals surface area contributed by atoms with Gasteiger partial charge < -0.3 is 14.7 Å². The van der Waals surface area contributed by atoms with Gasteiger partial charge in [-0.25, -0.2) is 0 Å². The van der Waals surface area contributed by atoms with Crippen LogP contribution < -0.4 is 4.90 Å². The van der Waals surface area contributed by atoms with E-state index in [1.165, 1.54) is 6.92 Å². The van der Waals surface area contributed by atoms with E-state index in [0.717, 1.165) is 5.69 Å². The van der Waals surface area contributed by atoms with Crippen LogP contribution in [0.3, 0.4) is 0 Å². The van der Waals surface area contributed by atoms with Crippen LogP contribution in [0.2, 0.25) is 0 Å². The van der Waals surface area contributed by atoms with Gasteiger partial charge in [0.1, 0.15) is 6.61 Å². The number of benzene rings is 1. The van der Waals surface area contributed by atoms with E-state index in [1.807, 2.05) is 0 Å². The Morgan fingerprint density at radius 1 is 1.42 bits per heavy atom. The van der Waals surface area contributed by atoms with E-state index in [9.17, 15) is 9.59 Å². The highest BCUT2D eigenvalue weighted by Gasteiger charge is 2.26. The minimum Gasteiger partial charge on any atom is -0.396 e. The maximum absolute atomic E-state index is 11.8. The molecule has 0 bridgehead atoms. The molecule has 1 N–H and O–H groups in total. The fourth-order valence-corrected chi connectivity index (χ4v) is 2.07. The van der Waals surface area contributed by atoms with Crippen molar-refractivity contribution in [3.63, 3.8) is 0 Å². The summed E-state index contributed by atoms with van der Waals surface area (Å²) in [4.78, 5) is 24.7. The van der Waals surface area contributed by atoms with Crippen LogP contribution in [0.1, 0.15) is 23.7 Å². The molecule has 1 fully saturated rings. The number of ether oxygens (including phenoxy) is 1. The van der Waals surface area contributed by atoms with Gasteiger partial charge >= 0.3 is 0 Å². The zero-order chi connectivity index (χ0) is 13.8. The van der Waals surface area contributed by atoms with E-state index >= 15 is 0 Å². The van der Waals surface area contributed by atoms with E-state index in [4.69, 9.17) is 9.84 Å². The minimum atomic E-state index is -0.143. The van der Waals surface area contributed by atoms with Crippen molar-refractivity contribution in [1.29, 1.82) is 0 Å². The second kappa shape index (κ2) is 5.95. The molecule has 5 nitrogen and oxygen atoms in total. The summed E-state index contributed by atoms with van der Waals surface area (Å²) in [5.41, 5.74) is 1.37. The van der Waals surface area contributed by atoms with Gasteiger partial charge in [0.05, 0.1) is 12.6 Å². The lowest BCUT2D eigenvalue weighted by atomic mass is 10.1. The van der Waals surface area contributed by atoms with Crippen LogP contribution in [-0.4, -0.2) is 42.7 Å². The van der Waals surface area contributed by atoms with Crippen molar-refractivity contribution < 1.29 is 19.4 Å². The van der Waals surface area contributed by atoms with Crippen molar-refractivity contribution in [2.75, 3.05) is 24.7 Å². The van der Waals surface area contributed by atoms with Gasteiger partial charge in [0.15, 0.2) is 5.78 Å². The molecule has 1 aromatic rings. The number of hydrogen-bond donors (Lipinski definition) is 1. The molecule has 0 saturated carbocycles. The largest absolute Gasteiger partial charge is 0.396 e. The molecule has 0 radical (unpaired) electrons. The summed E-state index contributed by atoms with van der Waals surface area (Å²) in [7, 11) is 0. The van der Waals surface area contributed by atoms with Gasteiger partial charge in [0.25, 0.3) is 5.91 Å². The Balaban J connectivity index is 2.14. The third kappa shape index (κ3) is 3.19. The summed E-state index contributed by atoms with van der Waals surface area (Å²) in [6.45, 7) is 2.00. The van der Waals surface area contributed by atoms with E-state index in [2.05, 4.69) is 0 Å². The van der Waals surface area contributed by atoms with E-state index in [-0.39, 0.29) is 31.0 Å². The third-order valence-electron chi connectivity index (χ3n) is 3.17. The SMILES string of the molecule is CC(=O)c1ccc(N2CC(CCO)OCC2=O)cc1. The molecule has 1 saturated heterocycles. The van der Waals surface area contributed by atoms with Gasteiger partial charge in [-0.15, -0.1) is 0 Å². The van der Waals surface area contributed by atoms with Gasteiger partial charge in [-0.1, -0.05) is 0 Å². The second-order valence-corrected chi connectivity index (χ2v) is 4.55. The standard InChI is InChI=1S/C14H17NO4/c1-10(17)11-2-4-12(5-3-11)15-8-13(6-7-16)19-9-14(15)18/h2-5,13,16H,6-9H2,1H3. The zero-order valence-electron chi connectivity index (χ0n) is 10.8. The molecule has 1 aliphatic rings. The van der Waals surface area contributed by atoms with Crippen LogP contribution in [-0.2, 0) is 9.53 Å². The van der Waals surface area contributed by atoms with Crippen LogP contribution in [0.4, 0.5) is 5.69 Å². The Morgan fingerprint density at radius 3 is 2.68 bits per heavy atom. The number of amides is 1. The number of ketones is 1. The number of anilines is 1. The van der Waals surface area contributed by atoms with Crippen molar-refractivity contribution in [2.45, 2.75) is 19.4 Å². The average molecular weight is 263 g/mol. The number of morpholine rings is 1. The number of aliphatic hydroxyl groups is 1. The molecular formula is C14H17NO4. The van der Waals surface area contributed by atoms with Crippen molar-refractivity contribution >= 4 is 17.4 Å². The Morgan fingerprint density at radius 2 is 2.11 bits per heavy atom. The maximum atomic E-state index is 11.8. The molecule has 1 unspecified atom stereocenters. The van der Waals surface area contributed by atoms with Gasteiger partial charge in [-0.2, -0.15) is 0 Å². The summed E-state index contributed by atoms with van der Waals surface area (Å²) in [6.07, 6.45) is 0.366. The normalized spacial score (nSPS) is 19.6. The highest BCUT2D eigenvalue weighted by Crippen LogP contribution is 2.20. The number of carbonyl (C=O) groups is 2. The zero-order valence-corrected chi connectivity index (χ0v) is 10.8. The lowest BCUT2D eigenvalue weighted by Gasteiger charge is -2.32. The van der Waals surface area contributed by atoms with Crippen LogP contribution in [0, 0.1) is 0 Å². The van der Waals surface area contributed by atoms with E-state index in [0.29, 0.717) is 18.5 Å². The van der Waals surface area contributed by atoms with Crippen LogP contribution in [0.25, 0.3) is 0 Å². The molecule has 102 valence electrons. The Kier molecular flexibility index (Phi) is 4.29. The quantitative estimate of drug-likeness (QED) is 0.823. The number of Topliss-reactive ketones (excluding diaryl/α,β-unsaturated/α-hetero) is 1. The molecule has 0 aromatic heterocycles. The molecule has 0 aliphatic carbocycles. The summed E-state index contributed by atoms with van der Waals surface area (Å²) in [6, 6.07) is 6.94. The average Bonchev–Trinajstić information content (AvgIpc) is 2.41. The Bertz CT molecular complexity index is 469. The number of nitrogens with zero attached hydrogens (tertiary/aromatic N) is 1. The summed E-state index contributed by atoms with van der Waals surface area (Å²) in [5, 5.41) is 8.92. The second-order valence-electron chi connectivity index (χ2n) is 4.55. The number of hydrogen-bond acceptors (Lipinski definition) is 4. The van der Waals surface area contributed by atoms with Gasteiger partial charge in [-0.05, 0) is 37.6 Å². The molecule has 1 aliphatic heterocycles. The Hall–Kier alpha value is -1.72. The lowest BCUT2D eigenvalue weighted by molar-refractivity contribution is -0.129. The molecule has 5 heteroatoms. The molecule has 19 heavy (non-hydrogen) atoms. The molecule has 1 amide bonds. The van der Waals surface area contributed by atoms with Crippen molar-refractivity contribution in [1.82, 2.24) is 0 Å². The first kappa shape index (κ1) is 13.7. The van der Waals surface area contributed by atoms with Crippen LogP contribution in [0.15, 0.2) is 24.3 Å². The van der Waals surface area contributed by atoms with Gasteiger partial charge in [-0.3, -0.25) is 9.59 Å². The van der Waals surface area contributed by atoms with Crippen LogP contribution in [0.5, 0.6) is 0 Å². The van der Waals surface area contributed by atoms with Crippen molar-refractivity contribution in [3.05, 3.63) is 29.8 Å². The van der Waals surface area contributed by atoms with Crippen LogP contribution >= 0.6 is 0 Å². The summed E-state index contributed by atoms with van der Waals surface area (Å²) in [5.74, 6) is -0.109. The van der Waals surface area contributed by atoms with Crippen molar-refractivity contribution in [2.24, 2.45) is 0 Å². The monoisotopic (exact) mass is 263 g/mol. The highest BCUT2D eigenvalue weighted by molar-refractivity contribution is 5.97. The topological polar surface area (TPSA) is 66.8 Å². The summed E-state index contributed by atoms with van der Waals surface area (Å²) >= 11 is 0. The first-order chi connectivity index (χ1) is 9.11. The third-order valence-corrected chi connectivity index (χ3v) is 3.17. The van der Waals surface area contributed by atoms with E-state index < -0.39 is 0 Å². The van der Waals surface area contributed by atoms with E-state index in [1.54, 1.807) is 29.2 Å². The fourth-order valence-electron chi connectivity index (χ4n) is 2.07. The predicted octanol–water partition coefficient (Wildman–Crippen LogP) is 1.00. The lowest BCUT2D eigenvalue weighted by Crippen LogP contribution is -2.47. The first-order valence-electron chi connectivity index (χ1n) is 6.25. The molecule has 1 aromatic carbocycles. The molecule has 1 atom stereocenters. The predicted molar refractivity (Wildman–Crippen MR) is 70.2 cm³/mol.